The minimum atomic E-state index is 0.252. The van der Waals surface area contributed by atoms with Crippen molar-refractivity contribution in [2.45, 2.75) is 51.7 Å². The van der Waals surface area contributed by atoms with Gasteiger partial charge in [-0.3, -0.25) is 4.90 Å². The summed E-state index contributed by atoms with van der Waals surface area (Å²) in [6.07, 6.45) is 4.30. The minimum Gasteiger partial charge on any atom is -0.310 e. The smallest absolute Gasteiger partial charge is 0.107 e. The van der Waals surface area contributed by atoms with E-state index in [-0.39, 0.29) is 5.54 Å². The first-order valence-electron chi connectivity index (χ1n) is 6.50. The van der Waals surface area contributed by atoms with E-state index in [1.54, 1.807) is 11.3 Å². The molecule has 17 heavy (non-hydrogen) atoms. The monoisotopic (exact) mass is 253 g/mol. The minimum absolute atomic E-state index is 0.252. The second-order valence-electron chi connectivity index (χ2n) is 5.31. The number of hydrogen-bond donors (Lipinski definition) is 1. The SMILES string of the molecule is CCC1(C)CN(Cc2nccs2)C(C)CCN1. The molecule has 0 spiro atoms. The van der Waals surface area contributed by atoms with Crippen LogP contribution in [-0.2, 0) is 6.54 Å². The molecule has 2 rings (SSSR count). The van der Waals surface area contributed by atoms with Crippen LogP contribution in [0.5, 0.6) is 0 Å². The van der Waals surface area contributed by atoms with E-state index >= 15 is 0 Å². The van der Waals surface area contributed by atoms with Crippen molar-refractivity contribution in [3.63, 3.8) is 0 Å². The standard InChI is InChI=1S/C13H23N3S/c1-4-13(3)10-16(11(2)5-6-15-13)9-12-14-7-8-17-12/h7-8,11,15H,4-6,9-10H2,1-3H3. The predicted octanol–water partition coefficient (Wildman–Crippen LogP) is 2.50. The summed E-state index contributed by atoms with van der Waals surface area (Å²) in [5.74, 6) is 0. The van der Waals surface area contributed by atoms with Crippen LogP contribution >= 0.6 is 11.3 Å². The van der Waals surface area contributed by atoms with E-state index in [4.69, 9.17) is 0 Å². The van der Waals surface area contributed by atoms with E-state index in [1.807, 2.05) is 6.20 Å². The van der Waals surface area contributed by atoms with Gasteiger partial charge < -0.3 is 5.32 Å². The molecular weight excluding hydrogens is 230 g/mol. The first kappa shape index (κ1) is 13.0. The topological polar surface area (TPSA) is 28.2 Å². The summed E-state index contributed by atoms with van der Waals surface area (Å²) >= 11 is 1.76. The van der Waals surface area contributed by atoms with Crippen molar-refractivity contribution in [3.8, 4) is 0 Å². The molecule has 1 N–H and O–H groups in total. The number of rotatable bonds is 3. The highest BCUT2D eigenvalue weighted by atomic mass is 32.1. The average Bonchev–Trinajstić information content (AvgIpc) is 2.76. The van der Waals surface area contributed by atoms with E-state index in [0.29, 0.717) is 6.04 Å². The Balaban J connectivity index is 2.06. The molecular formula is C13H23N3S. The fraction of sp³-hybridized carbons (Fsp3) is 0.769. The molecule has 0 saturated carbocycles. The van der Waals surface area contributed by atoms with Gasteiger partial charge in [0.2, 0.25) is 0 Å². The molecule has 2 unspecified atom stereocenters. The van der Waals surface area contributed by atoms with Gasteiger partial charge in [0.15, 0.2) is 0 Å². The molecule has 1 aliphatic rings. The van der Waals surface area contributed by atoms with Gasteiger partial charge in [-0.1, -0.05) is 6.92 Å². The van der Waals surface area contributed by atoms with Crippen molar-refractivity contribution in [3.05, 3.63) is 16.6 Å². The molecule has 1 aliphatic heterocycles. The molecule has 2 heterocycles. The summed E-state index contributed by atoms with van der Waals surface area (Å²) in [6, 6.07) is 0.639. The highest BCUT2D eigenvalue weighted by Gasteiger charge is 2.30. The molecule has 0 aromatic carbocycles. The molecule has 1 saturated heterocycles. The molecule has 0 bridgehead atoms. The summed E-state index contributed by atoms with van der Waals surface area (Å²) in [7, 11) is 0. The predicted molar refractivity (Wildman–Crippen MR) is 73.3 cm³/mol. The Labute approximate surface area is 108 Å². The summed E-state index contributed by atoms with van der Waals surface area (Å²) in [4.78, 5) is 6.98. The van der Waals surface area contributed by atoms with Crippen molar-refractivity contribution >= 4 is 11.3 Å². The fourth-order valence-electron chi connectivity index (χ4n) is 2.38. The van der Waals surface area contributed by atoms with Crippen LogP contribution in [0.2, 0.25) is 0 Å². The molecule has 4 heteroatoms. The van der Waals surface area contributed by atoms with Crippen LogP contribution in [0.25, 0.3) is 0 Å². The molecule has 0 aliphatic carbocycles. The lowest BCUT2D eigenvalue weighted by atomic mass is 9.98. The van der Waals surface area contributed by atoms with E-state index in [2.05, 4.69) is 41.4 Å². The van der Waals surface area contributed by atoms with Gasteiger partial charge in [-0.15, -0.1) is 11.3 Å². The molecule has 96 valence electrons. The summed E-state index contributed by atoms with van der Waals surface area (Å²) in [6.45, 7) is 10.2. The number of hydrogen-bond acceptors (Lipinski definition) is 4. The van der Waals surface area contributed by atoms with Crippen LogP contribution in [-0.4, -0.2) is 34.6 Å². The quantitative estimate of drug-likeness (QED) is 0.897. The summed E-state index contributed by atoms with van der Waals surface area (Å²) < 4.78 is 0. The number of nitrogens with one attached hydrogen (secondary N) is 1. The summed E-state index contributed by atoms with van der Waals surface area (Å²) in [5.41, 5.74) is 0.252. The molecule has 1 aromatic rings. The number of aromatic nitrogens is 1. The Morgan fingerprint density at radius 1 is 1.65 bits per heavy atom. The van der Waals surface area contributed by atoms with Crippen LogP contribution in [0.1, 0.15) is 38.6 Å². The zero-order chi connectivity index (χ0) is 12.3. The maximum absolute atomic E-state index is 4.41. The van der Waals surface area contributed by atoms with E-state index in [1.165, 1.54) is 17.8 Å². The second kappa shape index (κ2) is 5.46. The Kier molecular flexibility index (Phi) is 4.17. The Bertz CT molecular complexity index is 338. The van der Waals surface area contributed by atoms with Gasteiger partial charge in [0, 0.05) is 29.7 Å². The second-order valence-corrected chi connectivity index (χ2v) is 6.29. The Morgan fingerprint density at radius 3 is 3.12 bits per heavy atom. The third-order valence-corrected chi connectivity index (χ3v) is 4.66. The van der Waals surface area contributed by atoms with Crippen LogP contribution < -0.4 is 5.32 Å². The number of nitrogens with zero attached hydrogens (tertiary/aromatic N) is 2. The Morgan fingerprint density at radius 2 is 2.47 bits per heavy atom. The van der Waals surface area contributed by atoms with Gasteiger partial charge >= 0.3 is 0 Å². The molecule has 1 aromatic heterocycles. The number of thiazole rings is 1. The van der Waals surface area contributed by atoms with Gasteiger partial charge in [0.1, 0.15) is 5.01 Å². The lowest BCUT2D eigenvalue weighted by Gasteiger charge is -2.34. The lowest BCUT2D eigenvalue weighted by molar-refractivity contribution is 0.163. The largest absolute Gasteiger partial charge is 0.310 e. The third kappa shape index (κ3) is 3.27. The molecule has 0 amide bonds. The summed E-state index contributed by atoms with van der Waals surface area (Å²) in [5, 5.41) is 6.99. The zero-order valence-electron chi connectivity index (χ0n) is 11.1. The van der Waals surface area contributed by atoms with Crippen molar-refractivity contribution in [1.82, 2.24) is 15.2 Å². The van der Waals surface area contributed by atoms with Crippen LogP contribution in [0.3, 0.4) is 0 Å². The zero-order valence-corrected chi connectivity index (χ0v) is 11.9. The van der Waals surface area contributed by atoms with Crippen molar-refractivity contribution in [2.24, 2.45) is 0 Å². The maximum Gasteiger partial charge on any atom is 0.107 e. The Hall–Kier alpha value is -0.450. The van der Waals surface area contributed by atoms with Gasteiger partial charge in [-0.2, -0.15) is 0 Å². The molecule has 1 fully saturated rings. The van der Waals surface area contributed by atoms with Gasteiger partial charge in [0.25, 0.3) is 0 Å². The van der Waals surface area contributed by atoms with E-state index in [9.17, 15) is 0 Å². The highest BCUT2D eigenvalue weighted by Crippen LogP contribution is 2.21. The van der Waals surface area contributed by atoms with Crippen molar-refractivity contribution in [2.75, 3.05) is 13.1 Å². The molecule has 3 nitrogen and oxygen atoms in total. The third-order valence-electron chi connectivity index (χ3n) is 3.89. The average molecular weight is 253 g/mol. The fourth-order valence-corrected chi connectivity index (χ4v) is 3.02. The first-order chi connectivity index (χ1) is 8.13. The lowest BCUT2D eigenvalue weighted by Crippen LogP contribution is -2.49. The maximum atomic E-state index is 4.41. The molecule has 2 atom stereocenters. The normalized spacial score (nSPS) is 31.4. The van der Waals surface area contributed by atoms with E-state index in [0.717, 1.165) is 19.6 Å². The van der Waals surface area contributed by atoms with Gasteiger partial charge in [0.05, 0.1) is 6.54 Å². The van der Waals surface area contributed by atoms with Gasteiger partial charge in [-0.25, -0.2) is 4.98 Å². The van der Waals surface area contributed by atoms with Crippen LogP contribution in [0.15, 0.2) is 11.6 Å². The van der Waals surface area contributed by atoms with Crippen molar-refractivity contribution in [1.29, 1.82) is 0 Å². The van der Waals surface area contributed by atoms with Gasteiger partial charge in [-0.05, 0) is 33.2 Å². The molecule has 0 radical (unpaired) electrons. The van der Waals surface area contributed by atoms with E-state index < -0.39 is 0 Å². The van der Waals surface area contributed by atoms with Crippen LogP contribution in [0, 0.1) is 0 Å². The van der Waals surface area contributed by atoms with Crippen LogP contribution in [0.4, 0.5) is 0 Å². The first-order valence-corrected chi connectivity index (χ1v) is 7.38. The highest BCUT2D eigenvalue weighted by molar-refractivity contribution is 7.09. The van der Waals surface area contributed by atoms with Crippen molar-refractivity contribution < 1.29 is 0 Å².